The molecule has 410 valence electrons. The van der Waals surface area contributed by atoms with Gasteiger partial charge < -0.3 is 65.1 Å². The van der Waals surface area contributed by atoms with Crippen LogP contribution >= 0.6 is 0 Å². The van der Waals surface area contributed by atoms with E-state index in [9.17, 15) is 45.6 Å². The highest BCUT2D eigenvalue weighted by Gasteiger charge is 2.51. The summed E-state index contributed by atoms with van der Waals surface area (Å²) < 4.78 is 22.8. The topological polar surface area (TPSA) is 228 Å². The van der Waals surface area contributed by atoms with Gasteiger partial charge in [-0.2, -0.15) is 0 Å². The molecule has 0 aromatic heterocycles. The Labute approximate surface area is 423 Å². The van der Waals surface area contributed by atoms with Crippen molar-refractivity contribution in [2.24, 2.45) is 0 Å². The number of allylic oxidation sites excluding steroid dienone is 6. The van der Waals surface area contributed by atoms with E-state index < -0.39 is 86.8 Å². The quantitative estimate of drug-likeness (QED) is 0.0206. The molecule has 2 fully saturated rings. The normalized spacial score (nSPS) is 26.2. The molecular formula is C56H103NO13. The molecule has 2 aliphatic rings. The molecule has 0 radical (unpaired) electrons. The molecule has 12 unspecified atom stereocenters. The third kappa shape index (κ3) is 28.6. The van der Waals surface area contributed by atoms with Crippen molar-refractivity contribution in [2.75, 3.05) is 19.8 Å². The minimum absolute atomic E-state index is 0.235. The van der Waals surface area contributed by atoms with Gasteiger partial charge >= 0.3 is 0 Å². The lowest BCUT2D eigenvalue weighted by Gasteiger charge is -2.46. The predicted molar refractivity (Wildman–Crippen MR) is 277 cm³/mol. The van der Waals surface area contributed by atoms with Gasteiger partial charge in [-0.15, -0.1) is 0 Å². The fourth-order valence-corrected chi connectivity index (χ4v) is 9.31. The van der Waals surface area contributed by atoms with Crippen molar-refractivity contribution in [2.45, 2.75) is 293 Å². The fraction of sp³-hybridized carbons (Fsp3) is 0.875. The second-order valence-electron chi connectivity index (χ2n) is 20.0. The van der Waals surface area contributed by atoms with Gasteiger partial charge in [0.25, 0.3) is 0 Å². The number of hydrogen-bond acceptors (Lipinski definition) is 13. The van der Waals surface area contributed by atoms with E-state index in [4.69, 9.17) is 18.9 Å². The van der Waals surface area contributed by atoms with Gasteiger partial charge in [0.1, 0.15) is 48.8 Å². The average Bonchev–Trinajstić information content (AvgIpc) is 3.36. The molecule has 9 N–H and O–H groups in total. The minimum atomic E-state index is -1.79. The molecule has 12 atom stereocenters. The Balaban J connectivity index is 1.76. The summed E-state index contributed by atoms with van der Waals surface area (Å²) in [5.41, 5.74) is 0. The fourth-order valence-electron chi connectivity index (χ4n) is 9.31. The second-order valence-corrected chi connectivity index (χ2v) is 20.0. The number of carbonyl (C=O) groups is 1. The first kappa shape index (κ1) is 64.3. The maximum atomic E-state index is 13.2. The van der Waals surface area contributed by atoms with Gasteiger partial charge in [0, 0.05) is 6.42 Å². The van der Waals surface area contributed by atoms with Crippen LogP contribution in [0, 0.1) is 0 Å². The highest BCUT2D eigenvalue weighted by atomic mass is 16.7. The number of nitrogens with one attached hydrogen (secondary N) is 1. The molecule has 2 aliphatic heterocycles. The average molecular weight is 998 g/mol. The molecule has 2 saturated heterocycles. The van der Waals surface area contributed by atoms with Gasteiger partial charge in [-0.05, 0) is 44.9 Å². The minimum Gasteiger partial charge on any atom is -0.394 e. The van der Waals surface area contributed by atoms with Crippen molar-refractivity contribution in [3.63, 3.8) is 0 Å². The molecule has 1 amide bonds. The molecule has 0 spiro atoms. The van der Waals surface area contributed by atoms with Crippen LogP contribution in [0.25, 0.3) is 0 Å². The molecule has 0 aromatic carbocycles. The Morgan fingerprint density at radius 1 is 0.529 bits per heavy atom. The van der Waals surface area contributed by atoms with E-state index in [0.29, 0.717) is 12.8 Å². The SMILES string of the molecule is CC/C=C\C/C=C\C/C=C\CCCCCC(=O)NC(COC1OC(CO)C(OC2OC(CO)C(O)C(O)C2O)C(O)C1O)C(O)CCCCCCCCCCCCCCCCCCCCCCCCC. The molecule has 2 rings (SSSR count). The lowest BCUT2D eigenvalue weighted by molar-refractivity contribution is -0.359. The van der Waals surface area contributed by atoms with Gasteiger partial charge in [0.05, 0.1) is 32.0 Å². The van der Waals surface area contributed by atoms with E-state index in [0.717, 1.165) is 64.2 Å². The van der Waals surface area contributed by atoms with Crippen molar-refractivity contribution in [3.8, 4) is 0 Å². The van der Waals surface area contributed by atoms with E-state index in [1.807, 2.05) is 0 Å². The molecule has 2 heterocycles. The van der Waals surface area contributed by atoms with Gasteiger partial charge in [-0.1, -0.05) is 204 Å². The number of amides is 1. The Hall–Kier alpha value is -1.79. The summed E-state index contributed by atoms with van der Waals surface area (Å²) in [5, 5.41) is 87.1. The summed E-state index contributed by atoms with van der Waals surface area (Å²) in [7, 11) is 0. The van der Waals surface area contributed by atoms with Crippen LogP contribution in [0.5, 0.6) is 0 Å². The first-order valence-electron chi connectivity index (χ1n) is 28.2. The van der Waals surface area contributed by atoms with Gasteiger partial charge in [-0.3, -0.25) is 4.79 Å². The number of unbranched alkanes of at least 4 members (excludes halogenated alkanes) is 25. The lowest BCUT2D eigenvalue weighted by Crippen LogP contribution is -2.65. The molecule has 0 aliphatic carbocycles. The van der Waals surface area contributed by atoms with E-state index >= 15 is 0 Å². The maximum Gasteiger partial charge on any atom is 0.220 e. The summed E-state index contributed by atoms with van der Waals surface area (Å²) in [6.07, 6.45) is 33.0. The molecule has 0 bridgehead atoms. The van der Waals surface area contributed by atoms with Crippen LogP contribution in [0.4, 0.5) is 0 Å². The van der Waals surface area contributed by atoms with Crippen molar-refractivity contribution >= 4 is 5.91 Å². The number of aliphatic hydroxyl groups excluding tert-OH is 8. The summed E-state index contributed by atoms with van der Waals surface area (Å²) in [4.78, 5) is 13.2. The van der Waals surface area contributed by atoms with E-state index in [2.05, 4.69) is 55.6 Å². The predicted octanol–water partition coefficient (Wildman–Crippen LogP) is 8.66. The van der Waals surface area contributed by atoms with Crippen LogP contribution in [0.2, 0.25) is 0 Å². The van der Waals surface area contributed by atoms with Crippen LogP contribution in [0.1, 0.15) is 219 Å². The largest absolute Gasteiger partial charge is 0.394 e. The van der Waals surface area contributed by atoms with Gasteiger partial charge in [0.2, 0.25) is 5.91 Å². The summed E-state index contributed by atoms with van der Waals surface area (Å²) >= 11 is 0. The molecule has 14 heteroatoms. The van der Waals surface area contributed by atoms with Crippen LogP contribution in [-0.2, 0) is 23.7 Å². The van der Waals surface area contributed by atoms with E-state index in [1.54, 1.807) is 0 Å². The molecular weight excluding hydrogens is 895 g/mol. The Bertz CT molecular complexity index is 1320. The van der Waals surface area contributed by atoms with Crippen molar-refractivity contribution in [3.05, 3.63) is 36.5 Å². The number of ether oxygens (including phenoxy) is 4. The van der Waals surface area contributed by atoms with Crippen molar-refractivity contribution in [1.82, 2.24) is 5.32 Å². The number of hydrogen-bond donors (Lipinski definition) is 9. The Morgan fingerprint density at radius 2 is 0.986 bits per heavy atom. The molecule has 14 nitrogen and oxygen atoms in total. The van der Waals surface area contributed by atoms with Crippen LogP contribution in [0.15, 0.2) is 36.5 Å². The highest BCUT2D eigenvalue weighted by molar-refractivity contribution is 5.76. The first-order valence-corrected chi connectivity index (χ1v) is 28.2. The van der Waals surface area contributed by atoms with E-state index in [1.165, 1.54) is 122 Å². The maximum absolute atomic E-state index is 13.2. The first-order chi connectivity index (χ1) is 34.1. The van der Waals surface area contributed by atoms with Crippen LogP contribution < -0.4 is 5.32 Å². The van der Waals surface area contributed by atoms with Crippen LogP contribution in [-0.4, -0.2) is 140 Å². The standard InChI is InChI=1S/C56H103NO13/c1-3-5-7-9-11-13-15-17-18-19-20-21-22-23-24-25-26-28-29-31-33-35-37-39-45(60)44(57-48(61)40-38-36-34-32-30-27-16-14-12-10-8-6-4-2)43-67-55-53(66)51(64)54(47(42-59)69-55)70-56-52(65)50(63)49(62)46(41-58)68-56/h6,8,12,14,27,30,44-47,49-56,58-60,62-66H,3-5,7,9-11,13,15-26,28-29,31-43H2,1-2H3,(H,57,61)/b8-6-,14-12-,30-27-. The Morgan fingerprint density at radius 3 is 1.50 bits per heavy atom. The van der Waals surface area contributed by atoms with Crippen molar-refractivity contribution < 1.29 is 64.6 Å². The lowest BCUT2D eigenvalue weighted by atomic mass is 9.97. The number of rotatable bonds is 44. The number of carbonyl (C=O) groups excluding carboxylic acids is 1. The van der Waals surface area contributed by atoms with Crippen molar-refractivity contribution in [1.29, 1.82) is 0 Å². The molecule has 70 heavy (non-hydrogen) atoms. The monoisotopic (exact) mass is 998 g/mol. The molecule has 0 aromatic rings. The third-order valence-electron chi connectivity index (χ3n) is 13.9. The van der Waals surface area contributed by atoms with Gasteiger partial charge in [0.15, 0.2) is 12.6 Å². The van der Waals surface area contributed by atoms with Crippen LogP contribution in [0.3, 0.4) is 0 Å². The Kier molecular flexibility index (Phi) is 39.1. The molecule has 0 saturated carbocycles. The summed E-state index contributed by atoms with van der Waals surface area (Å²) in [5.74, 6) is -0.235. The second kappa shape index (κ2) is 42.6. The zero-order chi connectivity index (χ0) is 51.0. The summed E-state index contributed by atoms with van der Waals surface area (Å²) in [6.45, 7) is 2.73. The summed E-state index contributed by atoms with van der Waals surface area (Å²) in [6, 6.07) is -0.843. The van der Waals surface area contributed by atoms with Gasteiger partial charge in [-0.25, -0.2) is 0 Å². The third-order valence-corrected chi connectivity index (χ3v) is 13.9. The number of aliphatic hydroxyl groups is 8. The zero-order valence-electron chi connectivity index (χ0n) is 43.8. The highest BCUT2D eigenvalue weighted by Crippen LogP contribution is 2.30. The van der Waals surface area contributed by atoms with E-state index in [-0.39, 0.29) is 18.9 Å². The zero-order valence-corrected chi connectivity index (χ0v) is 43.8. The smallest absolute Gasteiger partial charge is 0.220 e.